The number of likely N-dealkylation sites (tertiary alicyclic amines) is 1. The fourth-order valence-corrected chi connectivity index (χ4v) is 7.68. The molecule has 6 atom stereocenters. The first-order valence-corrected chi connectivity index (χ1v) is 15.5. The van der Waals surface area contributed by atoms with Crippen LogP contribution in [0, 0.1) is 11.8 Å². The number of nitrogens with zero attached hydrogens (tertiary/aromatic N) is 5. The average Bonchev–Trinajstić information content (AvgIpc) is 3.70. The predicted molar refractivity (Wildman–Crippen MR) is 158 cm³/mol. The van der Waals surface area contributed by atoms with Crippen LogP contribution in [0.15, 0.2) is 49.6 Å². The minimum absolute atomic E-state index is 0.106. The Morgan fingerprint density at radius 2 is 2.00 bits per heavy atom. The Hall–Kier alpha value is -3.09. The van der Waals surface area contributed by atoms with E-state index >= 15 is 0 Å². The first-order valence-electron chi connectivity index (χ1n) is 14.6. The van der Waals surface area contributed by atoms with Gasteiger partial charge in [0.05, 0.1) is 30.1 Å². The van der Waals surface area contributed by atoms with Gasteiger partial charge in [-0.3, -0.25) is 14.4 Å². The lowest BCUT2D eigenvalue weighted by Gasteiger charge is -2.37. The first kappa shape index (κ1) is 30.4. The molecule has 3 unspecified atom stereocenters. The maximum atomic E-state index is 14.6. The number of alkyl halides is 1. The van der Waals surface area contributed by atoms with Gasteiger partial charge in [0, 0.05) is 24.5 Å². The molecule has 2 amide bonds. The molecule has 1 N–H and O–H groups in total. The fraction of sp³-hybridized carbons (Fsp3) is 0.567. The van der Waals surface area contributed by atoms with Gasteiger partial charge in [-0.15, -0.1) is 18.3 Å². The van der Waals surface area contributed by atoms with E-state index in [4.69, 9.17) is 9.47 Å². The van der Waals surface area contributed by atoms with E-state index in [0.717, 1.165) is 18.4 Å². The topological polar surface area (TPSA) is 127 Å². The number of aliphatic hydroxyl groups is 1. The summed E-state index contributed by atoms with van der Waals surface area (Å²) in [6.45, 7) is 8.48. The summed E-state index contributed by atoms with van der Waals surface area (Å²) in [5.74, 6) is -2.67. The molecule has 3 aliphatic rings. The predicted octanol–water partition coefficient (Wildman–Crippen LogP) is 2.82. The highest BCUT2D eigenvalue weighted by molar-refractivity contribution is 9.09. The van der Waals surface area contributed by atoms with Gasteiger partial charge in [-0.2, -0.15) is 0 Å². The Morgan fingerprint density at radius 1 is 1.21 bits per heavy atom. The Bertz CT molecular complexity index is 1330. The van der Waals surface area contributed by atoms with E-state index in [1.807, 2.05) is 24.3 Å². The van der Waals surface area contributed by atoms with E-state index in [1.54, 1.807) is 26.6 Å². The van der Waals surface area contributed by atoms with Crippen molar-refractivity contribution in [3.63, 3.8) is 0 Å². The number of aromatic nitrogens is 3. The number of hydrogen-bond donors (Lipinski definition) is 1. The summed E-state index contributed by atoms with van der Waals surface area (Å²) in [6.07, 6.45) is 6.58. The number of unbranched alkanes of at least 4 members (excludes halogenated alkanes) is 3. The van der Waals surface area contributed by atoms with Crippen LogP contribution in [0.3, 0.4) is 0 Å². The van der Waals surface area contributed by atoms with Gasteiger partial charge < -0.3 is 24.4 Å². The van der Waals surface area contributed by atoms with E-state index in [-0.39, 0.29) is 43.1 Å². The molecule has 3 saturated heterocycles. The van der Waals surface area contributed by atoms with Gasteiger partial charge in [-0.05, 0) is 37.8 Å². The molecule has 4 heterocycles. The summed E-state index contributed by atoms with van der Waals surface area (Å²) < 4.78 is 13.8. The number of halogens is 1. The summed E-state index contributed by atoms with van der Waals surface area (Å²) >= 11 is 3.69. The van der Waals surface area contributed by atoms with Gasteiger partial charge in [-0.1, -0.05) is 58.3 Å². The highest BCUT2D eigenvalue weighted by atomic mass is 79.9. The first-order chi connectivity index (χ1) is 20.4. The molecule has 42 heavy (non-hydrogen) atoms. The number of carbonyl (C=O) groups excluding carboxylic acids is 3. The molecule has 226 valence electrons. The molecule has 1 spiro atoms. The van der Waals surface area contributed by atoms with Crippen LogP contribution in [0.5, 0.6) is 0 Å². The molecule has 2 bridgehead atoms. The van der Waals surface area contributed by atoms with Crippen molar-refractivity contribution in [3.8, 4) is 0 Å². The molecule has 3 aliphatic heterocycles. The van der Waals surface area contributed by atoms with Crippen molar-refractivity contribution in [2.75, 3.05) is 26.3 Å². The second kappa shape index (κ2) is 13.0. The third-order valence-electron chi connectivity index (χ3n) is 8.55. The van der Waals surface area contributed by atoms with Crippen molar-refractivity contribution in [3.05, 3.63) is 49.6 Å². The molecule has 0 aliphatic carbocycles. The lowest BCUT2D eigenvalue weighted by molar-refractivity contribution is -0.155. The maximum Gasteiger partial charge on any atom is 0.312 e. The summed E-state index contributed by atoms with van der Waals surface area (Å²) in [5, 5.41) is 17.7. The minimum Gasteiger partial charge on any atom is -0.465 e. The zero-order valence-corrected chi connectivity index (χ0v) is 25.2. The minimum atomic E-state index is -1.18. The summed E-state index contributed by atoms with van der Waals surface area (Å²) in [7, 11) is 0. The van der Waals surface area contributed by atoms with Crippen LogP contribution < -0.4 is 0 Å². The number of esters is 1. The number of amides is 2. The van der Waals surface area contributed by atoms with Gasteiger partial charge in [-0.25, -0.2) is 4.68 Å². The maximum absolute atomic E-state index is 14.6. The Labute approximate surface area is 253 Å². The number of benzene rings is 1. The summed E-state index contributed by atoms with van der Waals surface area (Å²) in [6, 6.07) is 6.57. The SMILES string of the molecule is C=CCCOC(=O)[C@H]1[C@@H]2OC3(CC2Br)C(C(=O)N(CC=C)Cn2nnc4ccccc42)N(CCCCCCO)C(=O)[C@H]13. The quantitative estimate of drug-likeness (QED) is 0.136. The van der Waals surface area contributed by atoms with E-state index in [9.17, 15) is 19.5 Å². The van der Waals surface area contributed by atoms with Crippen LogP contribution in [0.2, 0.25) is 0 Å². The monoisotopic (exact) mass is 643 g/mol. The summed E-state index contributed by atoms with van der Waals surface area (Å²) in [5.41, 5.74) is 0.310. The normalized spacial score (nSPS) is 27.8. The highest BCUT2D eigenvalue weighted by Gasteiger charge is 2.77. The van der Waals surface area contributed by atoms with Gasteiger partial charge in [0.15, 0.2) is 0 Å². The molecule has 1 aromatic carbocycles. The molecule has 12 heteroatoms. The van der Waals surface area contributed by atoms with Crippen LogP contribution in [0.25, 0.3) is 11.0 Å². The van der Waals surface area contributed by atoms with Crippen LogP contribution >= 0.6 is 15.9 Å². The Balaban J connectivity index is 1.47. The van der Waals surface area contributed by atoms with Crippen molar-refractivity contribution in [2.24, 2.45) is 11.8 Å². The standard InChI is InChI=1S/C30H38BrN5O6/c1-3-5-17-41-29(40)23-24-27(38)35(15-10-6-7-11-16-37)26(30(24)18-20(31)25(23)42-30)28(39)34(14-4-2)19-36-22-13-9-8-12-21(22)32-33-36/h3-4,8-9,12-13,20,23-26,37H,1-2,5-7,10-11,14-19H2/t20?,23-,24+,25-,26?,30?/m1/s1. The summed E-state index contributed by atoms with van der Waals surface area (Å²) in [4.78, 5) is 45.1. The largest absolute Gasteiger partial charge is 0.465 e. The number of carbonyl (C=O) groups is 3. The van der Waals surface area contributed by atoms with Crippen molar-refractivity contribution in [2.45, 2.75) is 67.8 Å². The zero-order valence-electron chi connectivity index (χ0n) is 23.6. The Kier molecular flexibility index (Phi) is 9.44. The Morgan fingerprint density at radius 3 is 2.76 bits per heavy atom. The number of para-hydroxylation sites is 1. The van der Waals surface area contributed by atoms with Gasteiger partial charge in [0.25, 0.3) is 0 Å². The van der Waals surface area contributed by atoms with Gasteiger partial charge >= 0.3 is 5.97 Å². The third-order valence-corrected chi connectivity index (χ3v) is 9.40. The van der Waals surface area contributed by atoms with Crippen molar-refractivity contribution < 1.29 is 29.0 Å². The molecule has 0 radical (unpaired) electrons. The van der Waals surface area contributed by atoms with Crippen LogP contribution in [0.1, 0.15) is 38.5 Å². The van der Waals surface area contributed by atoms with E-state index in [0.29, 0.717) is 37.7 Å². The smallest absolute Gasteiger partial charge is 0.312 e. The number of fused-ring (bicyclic) bond motifs is 2. The number of rotatable bonds is 15. The third kappa shape index (κ3) is 5.40. The lowest BCUT2D eigenvalue weighted by Crippen LogP contribution is -2.57. The second-order valence-corrected chi connectivity index (χ2v) is 12.3. The molecule has 5 rings (SSSR count). The number of aliphatic hydroxyl groups excluding tert-OH is 1. The molecule has 1 aromatic heterocycles. The van der Waals surface area contributed by atoms with Crippen LogP contribution in [-0.4, -0.2) is 96.6 Å². The van der Waals surface area contributed by atoms with Crippen LogP contribution in [-0.2, 0) is 30.5 Å². The highest BCUT2D eigenvalue weighted by Crippen LogP contribution is 2.60. The van der Waals surface area contributed by atoms with E-state index < -0.39 is 35.6 Å². The van der Waals surface area contributed by atoms with E-state index in [1.165, 1.54) is 0 Å². The number of ether oxygens (including phenoxy) is 2. The average molecular weight is 645 g/mol. The van der Waals surface area contributed by atoms with Gasteiger partial charge in [0.1, 0.15) is 23.8 Å². The molecular weight excluding hydrogens is 606 g/mol. The molecular formula is C30H38BrN5O6. The molecule has 11 nitrogen and oxygen atoms in total. The van der Waals surface area contributed by atoms with E-state index in [2.05, 4.69) is 39.4 Å². The molecule has 3 fully saturated rings. The second-order valence-electron chi connectivity index (χ2n) is 11.1. The van der Waals surface area contributed by atoms with Crippen molar-refractivity contribution in [1.29, 1.82) is 0 Å². The lowest BCUT2D eigenvalue weighted by atomic mass is 9.70. The fourth-order valence-electron chi connectivity index (χ4n) is 6.73. The van der Waals surface area contributed by atoms with Crippen molar-refractivity contribution in [1.82, 2.24) is 24.8 Å². The van der Waals surface area contributed by atoms with Crippen LogP contribution in [0.4, 0.5) is 0 Å². The van der Waals surface area contributed by atoms with Crippen molar-refractivity contribution >= 4 is 44.7 Å². The molecule has 0 saturated carbocycles. The van der Waals surface area contributed by atoms with Gasteiger partial charge in [0.2, 0.25) is 11.8 Å². The molecule has 2 aromatic rings. The zero-order chi connectivity index (χ0) is 29.9. The number of hydrogen-bond acceptors (Lipinski definition) is 8.